The van der Waals surface area contributed by atoms with Gasteiger partial charge in [-0.15, -0.1) is 0 Å². The predicted octanol–water partition coefficient (Wildman–Crippen LogP) is -4.15. The number of primary amides is 1. The lowest BCUT2D eigenvalue weighted by molar-refractivity contribution is -0.125. The van der Waals surface area contributed by atoms with Gasteiger partial charge in [0.15, 0.2) is 0 Å². The average molecular weight is 342 g/mol. The highest BCUT2D eigenvalue weighted by atomic mass is 16.3. The van der Waals surface area contributed by atoms with Crippen LogP contribution in [0.2, 0.25) is 0 Å². The molecule has 0 spiro atoms. The van der Waals surface area contributed by atoms with E-state index in [1.807, 2.05) is 0 Å². The number of amides is 3. The van der Waals surface area contributed by atoms with Crippen molar-refractivity contribution in [3.05, 3.63) is 11.6 Å². The smallest absolute Gasteiger partial charge is 0.247 e. The van der Waals surface area contributed by atoms with Crippen LogP contribution in [0.5, 0.6) is 0 Å². The summed E-state index contributed by atoms with van der Waals surface area (Å²) in [7, 11) is 0. The summed E-state index contributed by atoms with van der Waals surface area (Å²) in [4.78, 5) is 34.8. The van der Waals surface area contributed by atoms with E-state index in [9.17, 15) is 29.7 Å². The van der Waals surface area contributed by atoms with Gasteiger partial charge in [-0.2, -0.15) is 0 Å². The average Bonchev–Trinajstić information content (AvgIpc) is 2.95. The zero-order valence-corrected chi connectivity index (χ0v) is 12.9. The van der Waals surface area contributed by atoms with Crippen LogP contribution in [0.1, 0.15) is 12.8 Å². The molecular formula is C14H22N4O6. The third kappa shape index (κ3) is 4.51. The summed E-state index contributed by atoms with van der Waals surface area (Å²) in [6.45, 7) is -0.0553. The van der Waals surface area contributed by atoms with E-state index in [4.69, 9.17) is 5.73 Å². The Balaban J connectivity index is 2.03. The molecule has 10 heteroatoms. The van der Waals surface area contributed by atoms with Crippen molar-refractivity contribution in [2.45, 2.75) is 43.2 Å². The molecule has 1 saturated heterocycles. The maximum absolute atomic E-state index is 12.1. The summed E-state index contributed by atoms with van der Waals surface area (Å²) >= 11 is 0. The van der Waals surface area contributed by atoms with Crippen molar-refractivity contribution in [3.63, 3.8) is 0 Å². The molecule has 0 radical (unpaired) electrons. The highest BCUT2D eigenvalue weighted by Gasteiger charge is 2.36. The normalized spacial score (nSPS) is 32.8. The Hall–Kier alpha value is -2.01. The zero-order valence-electron chi connectivity index (χ0n) is 12.9. The lowest BCUT2D eigenvalue weighted by Gasteiger charge is -2.31. The van der Waals surface area contributed by atoms with E-state index >= 15 is 0 Å². The Morgan fingerprint density at radius 2 is 2.00 bits per heavy atom. The molecule has 1 heterocycles. The molecule has 2 rings (SSSR count). The molecule has 0 aromatic rings. The van der Waals surface area contributed by atoms with Crippen molar-refractivity contribution in [2.24, 2.45) is 5.73 Å². The van der Waals surface area contributed by atoms with Crippen molar-refractivity contribution in [3.8, 4) is 0 Å². The largest absolute Gasteiger partial charge is 0.392 e. The van der Waals surface area contributed by atoms with Gasteiger partial charge >= 0.3 is 0 Å². The maximum Gasteiger partial charge on any atom is 0.247 e. The molecule has 0 aromatic heterocycles. The minimum Gasteiger partial charge on any atom is -0.392 e. The first kappa shape index (κ1) is 18.3. The van der Waals surface area contributed by atoms with E-state index < -0.39 is 48.1 Å². The van der Waals surface area contributed by atoms with Gasteiger partial charge in [0.1, 0.15) is 6.10 Å². The Bertz CT molecular complexity index is 551. The Labute approximate surface area is 138 Å². The molecule has 0 unspecified atom stereocenters. The lowest BCUT2D eigenvalue weighted by Crippen LogP contribution is -2.54. The van der Waals surface area contributed by atoms with Crippen LogP contribution in [0, 0.1) is 0 Å². The highest BCUT2D eigenvalue weighted by Crippen LogP contribution is 2.20. The quantitative estimate of drug-likeness (QED) is 0.265. The first-order chi connectivity index (χ1) is 11.3. The van der Waals surface area contributed by atoms with Gasteiger partial charge in [-0.1, -0.05) is 6.08 Å². The first-order valence-electron chi connectivity index (χ1n) is 7.63. The van der Waals surface area contributed by atoms with Gasteiger partial charge in [0.05, 0.1) is 30.8 Å². The summed E-state index contributed by atoms with van der Waals surface area (Å²) in [6, 6.07) is -1.57. The number of aliphatic hydroxyl groups is 3. The summed E-state index contributed by atoms with van der Waals surface area (Å²) in [5, 5.41) is 37.0. The standard InChI is InChI=1S/C14H22N4O6/c15-11(21)5-17-13(23)6-1-8(12(22)10(20)2-6)18-14(24)9-3-7(19)4-16-9/h1,7-10,12,16,19-20,22H,2-5H2,(H2,15,21)(H,17,23)(H,18,24)/t7-,8-,9+,10-,12-/m1/s1. The number of rotatable bonds is 5. The molecule has 1 aliphatic carbocycles. The van der Waals surface area contributed by atoms with Gasteiger partial charge in [-0.25, -0.2) is 0 Å². The van der Waals surface area contributed by atoms with Crippen LogP contribution < -0.4 is 21.7 Å². The summed E-state index contributed by atoms with van der Waals surface area (Å²) in [5.74, 6) is -1.76. The summed E-state index contributed by atoms with van der Waals surface area (Å²) < 4.78 is 0. The van der Waals surface area contributed by atoms with Crippen LogP contribution in [0.4, 0.5) is 0 Å². The second kappa shape index (κ2) is 7.71. The topological polar surface area (TPSA) is 174 Å². The van der Waals surface area contributed by atoms with Crippen molar-refractivity contribution >= 4 is 17.7 Å². The molecule has 0 aromatic carbocycles. The van der Waals surface area contributed by atoms with Crippen LogP contribution in [-0.4, -0.2) is 76.5 Å². The van der Waals surface area contributed by atoms with Gasteiger partial charge in [0.25, 0.3) is 0 Å². The molecule has 5 atom stereocenters. The van der Waals surface area contributed by atoms with Gasteiger partial charge in [-0.05, 0) is 6.42 Å². The molecule has 1 aliphatic heterocycles. The predicted molar refractivity (Wildman–Crippen MR) is 81.3 cm³/mol. The number of β-amino-alcohol motifs (C(OH)–C–C–N with tert-alkyl or cyclic N) is 1. The van der Waals surface area contributed by atoms with E-state index in [-0.39, 0.29) is 25.0 Å². The van der Waals surface area contributed by atoms with Gasteiger partial charge in [0, 0.05) is 18.5 Å². The van der Waals surface area contributed by atoms with E-state index in [1.165, 1.54) is 6.08 Å². The second-order valence-electron chi connectivity index (χ2n) is 5.99. The number of carbonyl (C=O) groups is 3. The van der Waals surface area contributed by atoms with Crippen LogP contribution in [0.15, 0.2) is 11.6 Å². The number of carbonyl (C=O) groups excluding carboxylic acids is 3. The van der Waals surface area contributed by atoms with Gasteiger partial charge in [-0.3, -0.25) is 14.4 Å². The molecule has 0 bridgehead atoms. The Morgan fingerprint density at radius 3 is 2.58 bits per heavy atom. The van der Waals surface area contributed by atoms with Crippen LogP contribution in [-0.2, 0) is 14.4 Å². The molecule has 24 heavy (non-hydrogen) atoms. The molecule has 134 valence electrons. The summed E-state index contributed by atoms with van der Waals surface area (Å²) in [5.41, 5.74) is 5.08. The number of hydrogen-bond acceptors (Lipinski definition) is 7. The molecular weight excluding hydrogens is 320 g/mol. The minimum absolute atomic E-state index is 0.113. The maximum atomic E-state index is 12.1. The van der Waals surface area contributed by atoms with Crippen molar-refractivity contribution in [1.29, 1.82) is 0 Å². The van der Waals surface area contributed by atoms with Crippen molar-refractivity contribution in [2.75, 3.05) is 13.1 Å². The fourth-order valence-corrected chi connectivity index (χ4v) is 2.73. The monoisotopic (exact) mass is 342 g/mol. The minimum atomic E-state index is -1.27. The molecule has 3 amide bonds. The van der Waals surface area contributed by atoms with Crippen LogP contribution >= 0.6 is 0 Å². The van der Waals surface area contributed by atoms with Crippen LogP contribution in [0.25, 0.3) is 0 Å². The van der Waals surface area contributed by atoms with Gasteiger partial charge in [0.2, 0.25) is 17.7 Å². The van der Waals surface area contributed by atoms with E-state index in [2.05, 4.69) is 16.0 Å². The van der Waals surface area contributed by atoms with Gasteiger partial charge < -0.3 is 37.0 Å². The Morgan fingerprint density at radius 1 is 1.29 bits per heavy atom. The number of hydrogen-bond donors (Lipinski definition) is 7. The van der Waals surface area contributed by atoms with Crippen molar-refractivity contribution < 1.29 is 29.7 Å². The van der Waals surface area contributed by atoms with E-state index in [0.29, 0.717) is 6.54 Å². The van der Waals surface area contributed by atoms with Crippen LogP contribution in [0.3, 0.4) is 0 Å². The fourth-order valence-electron chi connectivity index (χ4n) is 2.73. The Kier molecular flexibility index (Phi) is 5.89. The number of nitrogens with two attached hydrogens (primary N) is 1. The first-order valence-corrected chi connectivity index (χ1v) is 7.63. The molecule has 1 fully saturated rings. The lowest BCUT2D eigenvalue weighted by atomic mass is 9.89. The fraction of sp³-hybridized carbons (Fsp3) is 0.643. The third-order valence-electron chi connectivity index (χ3n) is 4.02. The third-order valence-corrected chi connectivity index (χ3v) is 4.02. The van der Waals surface area contributed by atoms with E-state index in [1.54, 1.807) is 0 Å². The molecule has 8 N–H and O–H groups in total. The highest BCUT2D eigenvalue weighted by molar-refractivity contribution is 5.96. The SMILES string of the molecule is NC(=O)CNC(=O)C1=C[C@@H](NC(=O)[C@@H]2C[C@@H](O)CN2)[C@@H](O)[C@H](O)C1. The number of aliphatic hydroxyl groups excluding tert-OH is 3. The second-order valence-corrected chi connectivity index (χ2v) is 5.99. The molecule has 10 nitrogen and oxygen atoms in total. The summed E-state index contributed by atoms with van der Waals surface area (Å²) in [6.07, 6.45) is -1.65. The number of nitrogens with one attached hydrogen (secondary N) is 3. The van der Waals surface area contributed by atoms with Crippen molar-refractivity contribution in [1.82, 2.24) is 16.0 Å². The zero-order chi connectivity index (χ0) is 17.9. The molecule has 0 saturated carbocycles. The molecule has 2 aliphatic rings. The van der Waals surface area contributed by atoms with E-state index in [0.717, 1.165) is 0 Å².